The van der Waals surface area contributed by atoms with E-state index in [1.165, 1.54) is 36.4 Å². The maximum Gasteiger partial charge on any atom is 0.269 e. The fraction of sp³-hybridized carbons (Fsp3) is 0.0769. The van der Waals surface area contributed by atoms with Gasteiger partial charge in [0, 0.05) is 23.4 Å². The van der Waals surface area contributed by atoms with Gasteiger partial charge in [-0.3, -0.25) is 10.1 Å². The molecule has 0 spiro atoms. The van der Waals surface area contributed by atoms with Crippen molar-refractivity contribution in [3.05, 3.63) is 62.9 Å². The summed E-state index contributed by atoms with van der Waals surface area (Å²) < 4.78 is 18.9. The SMILES string of the molecule is Nc1ccc([N+](=O)[O-])cc1COc1cccc(Cl)c1F. The molecule has 0 amide bonds. The van der Waals surface area contributed by atoms with Gasteiger partial charge in [-0.25, -0.2) is 4.39 Å². The lowest BCUT2D eigenvalue weighted by atomic mass is 10.1. The molecule has 0 aliphatic rings. The van der Waals surface area contributed by atoms with Gasteiger partial charge in [-0.05, 0) is 18.2 Å². The van der Waals surface area contributed by atoms with Crippen LogP contribution in [0.25, 0.3) is 0 Å². The first kappa shape index (κ1) is 14.1. The Hall–Kier alpha value is -2.34. The summed E-state index contributed by atoms with van der Waals surface area (Å²) in [6, 6.07) is 8.33. The van der Waals surface area contributed by atoms with E-state index < -0.39 is 10.7 Å². The average molecular weight is 297 g/mol. The van der Waals surface area contributed by atoms with E-state index in [2.05, 4.69) is 0 Å². The van der Waals surface area contributed by atoms with Gasteiger partial charge in [-0.1, -0.05) is 17.7 Å². The molecule has 0 aliphatic heterocycles. The van der Waals surface area contributed by atoms with Crippen LogP contribution < -0.4 is 10.5 Å². The fourth-order valence-electron chi connectivity index (χ4n) is 1.58. The number of rotatable bonds is 4. The summed E-state index contributed by atoms with van der Waals surface area (Å²) in [5.74, 6) is -0.721. The Morgan fingerprint density at radius 2 is 2.10 bits per heavy atom. The second kappa shape index (κ2) is 5.75. The summed E-state index contributed by atoms with van der Waals surface area (Å²) in [7, 11) is 0. The van der Waals surface area contributed by atoms with Gasteiger partial charge in [0.05, 0.1) is 9.95 Å². The molecule has 0 aliphatic carbocycles. The third-order valence-corrected chi connectivity index (χ3v) is 2.93. The lowest BCUT2D eigenvalue weighted by molar-refractivity contribution is -0.384. The maximum atomic E-state index is 13.6. The Morgan fingerprint density at radius 3 is 2.80 bits per heavy atom. The number of ether oxygens (including phenoxy) is 1. The normalized spacial score (nSPS) is 10.3. The number of benzene rings is 2. The van der Waals surface area contributed by atoms with E-state index in [-0.39, 0.29) is 23.1 Å². The van der Waals surface area contributed by atoms with Crippen molar-refractivity contribution in [2.24, 2.45) is 0 Å². The lowest BCUT2D eigenvalue weighted by Gasteiger charge is -2.09. The predicted octanol–water partition coefficient (Wildman–Crippen LogP) is 3.55. The molecule has 2 aromatic rings. The zero-order valence-electron chi connectivity index (χ0n) is 10.2. The van der Waals surface area contributed by atoms with Crippen LogP contribution in [0.3, 0.4) is 0 Å². The molecule has 0 heterocycles. The number of nitro benzene ring substituents is 1. The molecule has 2 rings (SSSR count). The maximum absolute atomic E-state index is 13.6. The summed E-state index contributed by atoms with van der Waals surface area (Å²) in [5.41, 5.74) is 6.33. The van der Waals surface area contributed by atoms with E-state index in [1.807, 2.05) is 0 Å². The van der Waals surface area contributed by atoms with Crippen molar-refractivity contribution in [3.63, 3.8) is 0 Å². The first-order valence-electron chi connectivity index (χ1n) is 5.58. The minimum Gasteiger partial charge on any atom is -0.486 e. The zero-order chi connectivity index (χ0) is 14.7. The zero-order valence-corrected chi connectivity index (χ0v) is 10.9. The summed E-state index contributed by atoms with van der Waals surface area (Å²) in [4.78, 5) is 10.1. The summed E-state index contributed by atoms with van der Waals surface area (Å²) in [6.45, 7) is -0.0925. The van der Waals surface area contributed by atoms with E-state index >= 15 is 0 Å². The van der Waals surface area contributed by atoms with E-state index in [9.17, 15) is 14.5 Å². The highest BCUT2D eigenvalue weighted by Crippen LogP contribution is 2.26. The summed E-state index contributed by atoms with van der Waals surface area (Å²) >= 11 is 5.62. The van der Waals surface area contributed by atoms with Crippen LogP contribution in [0.1, 0.15) is 5.56 Å². The number of nitro groups is 1. The Morgan fingerprint density at radius 1 is 1.35 bits per heavy atom. The molecule has 20 heavy (non-hydrogen) atoms. The van der Waals surface area contributed by atoms with Gasteiger partial charge in [-0.2, -0.15) is 0 Å². The molecule has 0 atom stereocenters. The molecule has 0 fully saturated rings. The number of non-ortho nitro benzene ring substituents is 1. The molecular weight excluding hydrogens is 287 g/mol. The molecule has 0 bridgehead atoms. The molecule has 0 unspecified atom stereocenters. The molecule has 0 saturated heterocycles. The summed E-state index contributed by atoms with van der Waals surface area (Å²) in [6.07, 6.45) is 0. The first-order chi connectivity index (χ1) is 9.49. The minimum atomic E-state index is -0.682. The molecule has 2 aromatic carbocycles. The van der Waals surface area contributed by atoms with Crippen molar-refractivity contribution in [3.8, 4) is 5.75 Å². The highest BCUT2D eigenvalue weighted by atomic mass is 35.5. The van der Waals surface area contributed by atoms with Crippen LogP contribution in [0.15, 0.2) is 36.4 Å². The smallest absolute Gasteiger partial charge is 0.269 e. The van der Waals surface area contributed by atoms with Crippen molar-refractivity contribution < 1.29 is 14.1 Å². The molecule has 5 nitrogen and oxygen atoms in total. The number of hydrogen-bond donors (Lipinski definition) is 1. The number of nitrogens with two attached hydrogens (primary N) is 1. The monoisotopic (exact) mass is 296 g/mol. The molecule has 0 aromatic heterocycles. The standard InChI is InChI=1S/C13H10ClFN2O3/c14-10-2-1-3-12(13(10)15)20-7-8-6-9(17(18)19)4-5-11(8)16/h1-6H,7,16H2. The third kappa shape index (κ3) is 2.97. The van der Waals surface area contributed by atoms with Gasteiger partial charge in [0.2, 0.25) is 0 Å². The molecule has 0 radical (unpaired) electrons. The number of halogens is 2. The van der Waals surface area contributed by atoms with Crippen molar-refractivity contribution in [2.45, 2.75) is 6.61 Å². The molecule has 2 N–H and O–H groups in total. The Bertz CT molecular complexity index is 664. The van der Waals surface area contributed by atoms with E-state index in [1.54, 1.807) is 0 Å². The first-order valence-corrected chi connectivity index (χ1v) is 5.96. The fourth-order valence-corrected chi connectivity index (χ4v) is 1.75. The predicted molar refractivity (Wildman–Crippen MR) is 73.3 cm³/mol. The number of nitrogens with zero attached hydrogens (tertiary/aromatic N) is 1. The van der Waals surface area contributed by atoms with Gasteiger partial charge >= 0.3 is 0 Å². The molecule has 7 heteroatoms. The van der Waals surface area contributed by atoms with Gasteiger partial charge in [0.25, 0.3) is 5.69 Å². The van der Waals surface area contributed by atoms with E-state index in [4.69, 9.17) is 22.1 Å². The van der Waals surface area contributed by atoms with Crippen LogP contribution in [0.2, 0.25) is 5.02 Å². The number of anilines is 1. The van der Waals surface area contributed by atoms with E-state index in [0.29, 0.717) is 11.3 Å². The third-order valence-electron chi connectivity index (χ3n) is 2.64. The number of nitrogen functional groups attached to an aromatic ring is 1. The Kier molecular flexibility index (Phi) is 4.05. The van der Waals surface area contributed by atoms with Crippen LogP contribution in [0, 0.1) is 15.9 Å². The largest absolute Gasteiger partial charge is 0.486 e. The van der Waals surface area contributed by atoms with Crippen LogP contribution in [-0.4, -0.2) is 4.92 Å². The average Bonchev–Trinajstić information content (AvgIpc) is 2.41. The lowest BCUT2D eigenvalue weighted by Crippen LogP contribution is -2.02. The van der Waals surface area contributed by atoms with Gasteiger partial charge in [0.15, 0.2) is 11.6 Å². The van der Waals surface area contributed by atoms with Gasteiger partial charge < -0.3 is 10.5 Å². The molecule has 0 saturated carbocycles. The van der Waals surface area contributed by atoms with Crippen molar-refractivity contribution in [1.82, 2.24) is 0 Å². The van der Waals surface area contributed by atoms with E-state index in [0.717, 1.165) is 0 Å². The van der Waals surface area contributed by atoms with Crippen molar-refractivity contribution in [2.75, 3.05) is 5.73 Å². The minimum absolute atomic E-state index is 0.0385. The van der Waals surface area contributed by atoms with Crippen LogP contribution >= 0.6 is 11.6 Å². The molecular formula is C13H10ClFN2O3. The quantitative estimate of drug-likeness (QED) is 0.531. The van der Waals surface area contributed by atoms with Gasteiger partial charge in [-0.15, -0.1) is 0 Å². The van der Waals surface area contributed by atoms with Crippen LogP contribution in [-0.2, 0) is 6.61 Å². The molecule has 104 valence electrons. The van der Waals surface area contributed by atoms with Gasteiger partial charge in [0.1, 0.15) is 6.61 Å². The topological polar surface area (TPSA) is 78.4 Å². The Balaban J connectivity index is 2.20. The second-order valence-electron chi connectivity index (χ2n) is 3.98. The van der Waals surface area contributed by atoms with Crippen LogP contribution in [0.5, 0.6) is 5.75 Å². The van der Waals surface area contributed by atoms with Crippen LogP contribution in [0.4, 0.5) is 15.8 Å². The van der Waals surface area contributed by atoms with Crippen molar-refractivity contribution >= 4 is 23.0 Å². The number of hydrogen-bond acceptors (Lipinski definition) is 4. The Labute approximate surface area is 118 Å². The second-order valence-corrected chi connectivity index (χ2v) is 4.39. The van der Waals surface area contributed by atoms with Crippen molar-refractivity contribution in [1.29, 1.82) is 0 Å². The highest BCUT2D eigenvalue weighted by Gasteiger charge is 2.12. The highest BCUT2D eigenvalue weighted by molar-refractivity contribution is 6.30. The summed E-state index contributed by atoms with van der Waals surface area (Å²) in [5, 5.41) is 10.6.